The molecule has 27 heavy (non-hydrogen) atoms. The predicted molar refractivity (Wildman–Crippen MR) is 108 cm³/mol. The second kappa shape index (κ2) is 9.00. The molecule has 5 nitrogen and oxygen atoms in total. The first kappa shape index (κ1) is 19.4. The molecule has 1 heterocycles. The molecule has 0 bridgehead atoms. The van der Waals surface area contributed by atoms with Crippen LogP contribution in [0.2, 0.25) is 5.02 Å². The molecule has 6 heteroatoms. The van der Waals surface area contributed by atoms with E-state index in [1.807, 2.05) is 42.5 Å². The lowest BCUT2D eigenvalue weighted by molar-refractivity contribution is 0.156. The van der Waals surface area contributed by atoms with Crippen LogP contribution >= 0.6 is 11.6 Å². The maximum Gasteiger partial charge on any atom is 0.410 e. The summed E-state index contributed by atoms with van der Waals surface area (Å²) >= 11 is 6.26. The van der Waals surface area contributed by atoms with Crippen molar-refractivity contribution in [2.75, 3.05) is 25.6 Å². The molecule has 144 valence electrons. The van der Waals surface area contributed by atoms with Gasteiger partial charge < -0.3 is 14.8 Å². The monoisotopic (exact) mass is 388 g/mol. The van der Waals surface area contributed by atoms with E-state index in [0.717, 1.165) is 42.0 Å². The highest BCUT2D eigenvalue weighted by molar-refractivity contribution is 6.33. The summed E-state index contributed by atoms with van der Waals surface area (Å²) in [6.07, 6.45) is 1.49. The van der Waals surface area contributed by atoms with E-state index in [2.05, 4.69) is 12.2 Å². The third kappa shape index (κ3) is 4.86. The highest BCUT2D eigenvalue weighted by atomic mass is 35.5. The molecule has 0 radical (unpaired) electrons. The number of amides is 1. The number of cyclic esters (lactones) is 1. The Morgan fingerprint density at radius 1 is 1.22 bits per heavy atom. The average Bonchev–Trinajstić information content (AvgIpc) is 3.02. The lowest BCUT2D eigenvalue weighted by Crippen LogP contribution is -2.34. The van der Waals surface area contributed by atoms with Crippen LogP contribution in [0.5, 0.6) is 5.75 Å². The summed E-state index contributed by atoms with van der Waals surface area (Å²) in [4.78, 5) is 14.0. The Bertz CT molecular complexity index is 779. The first-order chi connectivity index (χ1) is 13.1. The fourth-order valence-corrected chi connectivity index (χ4v) is 3.33. The minimum absolute atomic E-state index is 0.00799. The third-order valence-electron chi connectivity index (χ3n) is 4.65. The first-order valence-electron chi connectivity index (χ1n) is 9.19. The Hall–Kier alpha value is -2.40. The van der Waals surface area contributed by atoms with Crippen molar-refractivity contribution >= 4 is 23.4 Å². The summed E-state index contributed by atoms with van der Waals surface area (Å²) in [5, 5.41) is 4.01. The van der Waals surface area contributed by atoms with Gasteiger partial charge in [-0.25, -0.2) is 4.79 Å². The summed E-state index contributed by atoms with van der Waals surface area (Å²) in [5.41, 5.74) is 3.07. The minimum Gasteiger partial charge on any atom is -0.497 e. The Kier molecular flexibility index (Phi) is 6.45. The van der Waals surface area contributed by atoms with E-state index >= 15 is 0 Å². The number of anilines is 1. The highest BCUT2D eigenvalue weighted by Gasteiger charge is 2.33. The lowest BCUT2D eigenvalue weighted by Gasteiger charge is -2.22. The van der Waals surface area contributed by atoms with E-state index in [-0.39, 0.29) is 12.1 Å². The van der Waals surface area contributed by atoms with Crippen molar-refractivity contribution in [3.05, 3.63) is 58.6 Å². The number of carbonyl (C=O) groups excluding carboxylic acids is 1. The number of ether oxygens (including phenoxy) is 2. The van der Waals surface area contributed by atoms with Crippen molar-refractivity contribution in [1.29, 1.82) is 0 Å². The molecule has 1 fully saturated rings. The molecule has 0 aliphatic carbocycles. The van der Waals surface area contributed by atoms with Gasteiger partial charge in [0.2, 0.25) is 0 Å². The van der Waals surface area contributed by atoms with Crippen LogP contribution in [0.15, 0.2) is 42.5 Å². The van der Waals surface area contributed by atoms with Gasteiger partial charge in [0.25, 0.3) is 0 Å². The second-order valence-corrected chi connectivity index (χ2v) is 7.06. The lowest BCUT2D eigenvalue weighted by atomic mass is 10.0. The summed E-state index contributed by atoms with van der Waals surface area (Å²) in [6.45, 7) is 3.86. The maximum atomic E-state index is 12.2. The van der Waals surface area contributed by atoms with Gasteiger partial charge >= 0.3 is 6.09 Å². The molecule has 0 saturated carbocycles. The predicted octanol–water partition coefficient (Wildman–Crippen LogP) is 4.73. The number of benzene rings is 2. The van der Waals surface area contributed by atoms with Crippen molar-refractivity contribution in [3.63, 3.8) is 0 Å². The van der Waals surface area contributed by atoms with Gasteiger partial charge in [-0.05, 0) is 48.2 Å². The van der Waals surface area contributed by atoms with Crippen LogP contribution in [-0.4, -0.2) is 37.3 Å². The number of methoxy groups -OCH3 is 1. The van der Waals surface area contributed by atoms with Crippen molar-refractivity contribution in [3.8, 4) is 5.75 Å². The van der Waals surface area contributed by atoms with E-state index in [0.29, 0.717) is 18.2 Å². The van der Waals surface area contributed by atoms with E-state index in [9.17, 15) is 4.79 Å². The van der Waals surface area contributed by atoms with Gasteiger partial charge in [0.1, 0.15) is 12.4 Å². The third-order valence-corrected chi connectivity index (χ3v) is 4.98. The molecule has 2 aromatic carbocycles. The van der Waals surface area contributed by atoms with Gasteiger partial charge in [0, 0.05) is 13.1 Å². The molecule has 0 spiro atoms. The molecule has 1 saturated heterocycles. The maximum absolute atomic E-state index is 12.2. The largest absolute Gasteiger partial charge is 0.497 e. The minimum atomic E-state index is -0.272. The molecule has 1 aliphatic rings. The molecular formula is C21H25ClN2O3. The number of hydrogen-bond donors (Lipinski definition) is 1. The summed E-state index contributed by atoms with van der Waals surface area (Å²) in [5.74, 6) is 0.822. The molecule has 1 N–H and O–H groups in total. The standard InChI is InChI=1S/C21H25ClN2O3/c1-3-10-23-20-12-16(6-9-19(20)22)13-24-17(14-27-21(24)25)11-15-4-7-18(26-2)8-5-15/h4-9,12,17,23H,3,10-11,13-14H2,1-2H3. The van der Waals surface area contributed by atoms with Crippen LogP contribution in [-0.2, 0) is 17.7 Å². The molecule has 1 amide bonds. The van der Waals surface area contributed by atoms with Gasteiger partial charge in [-0.15, -0.1) is 0 Å². The molecule has 1 atom stereocenters. The van der Waals surface area contributed by atoms with Gasteiger partial charge in [0.05, 0.1) is 23.9 Å². The molecular weight excluding hydrogens is 364 g/mol. The van der Waals surface area contributed by atoms with Gasteiger partial charge in [-0.3, -0.25) is 4.90 Å². The van der Waals surface area contributed by atoms with E-state index < -0.39 is 0 Å². The SMILES string of the molecule is CCCNc1cc(CN2C(=O)OCC2Cc2ccc(OC)cc2)ccc1Cl. The van der Waals surface area contributed by atoms with Crippen LogP contribution in [0.3, 0.4) is 0 Å². The number of nitrogens with one attached hydrogen (secondary N) is 1. The molecule has 1 unspecified atom stereocenters. The zero-order valence-corrected chi connectivity index (χ0v) is 16.5. The van der Waals surface area contributed by atoms with Crippen LogP contribution in [0.25, 0.3) is 0 Å². The highest BCUT2D eigenvalue weighted by Crippen LogP contribution is 2.26. The van der Waals surface area contributed by atoms with Gasteiger partial charge in [-0.1, -0.05) is 36.7 Å². The Balaban J connectivity index is 1.70. The number of hydrogen-bond acceptors (Lipinski definition) is 4. The zero-order valence-electron chi connectivity index (χ0n) is 15.7. The number of rotatable bonds is 8. The Morgan fingerprint density at radius 2 is 1.96 bits per heavy atom. The van der Waals surface area contributed by atoms with Gasteiger partial charge in [-0.2, -0.15) is 0 Å². The van der Waals surface area contributed by atoms with Crippen molar-refractivity contribution in [2.45, 2.75) is 32.4 Å². The molecule has 0 aromatic heterocycles. The fourth-order valence-electron chi connectivity index (χ4n) is 3.15. The van der Waals surface area contributed by atoms with Crippen LogP contribution in [0, 0.1) is 0 Å². The van der Waals surface area contributed by atoms with Crippen LogP contribution < -0.4 is 10.1 Å². The topological polar surface area (TPSA) is 50.8 Å². The van der Waals surface area contributed by atoms with E-state index in [1.54, 1.807) is 12.0 Å². The fraction of sp³-hybridized carbons (Fsp3) is 0.381. The van der Waals surface area contributed by atoms with Crippen molar-refractivity contribution < 1.29 is 14.3 Å². The summed E-state index contributed by atoms with van der Waals surface area (Å²) in [6, 6.07) is 13.8. The molecule has 2 aromatic rings. The summed E-state index contributed by atoms with van der Waals surface area (Å²) in [7, 11) is 1.65. The first-order valence-corrected chi connectivity index (χ1v) is 9.57. The van der Waals surface area contributed by atoms with Crippen molar-refractivity contribution in [1.82, 2.24) is 4.90 Å². The van der Waals surface area contributed by atoms with Crippen molar-refractivity contribution in [2.24, 2.45) is 0 Å². The van der Waals surface area contributed by atoms with E-state index in [1.165, 1.54) is 0 Å². The second-order valence-electron chi connectivity index (χ2n) is 6.65. The van der Waals surface area contributed by atoms with E-state index in [4.69, 9.17) is 21.1 Å². The zero-order chi connectivity index (χ0) is 19.2. The molecule has 1 aliphatic heterocycles. The van der Waals surface area contributed by atoms with Crippen LogP contribution in [0.1, 0.15) is 24.5 Å². The summed E-state index contributed by atoms with van der Waals surface area (Å²) < 4.78 is 10.5. The average molecular weight is 389 g/mol. The number of nitrogens with zero attached hydrogens (tertiary/aromatic N) is 1. The van der Waals surface area contributed by atoms with Gasteiger partial charge in [0.15, 0.2) is 0 Å². The number of halogens is 1. The normalized spacial score (nSPS) is 16.3. The smallest absolute Gasteiger partial charge is 0.410 e. The Morgan fingerprint density at radius 3 is 2.67 bits per heavy atom. The Labute approximate surface area is 165 Å². The van der Waals surface area contributed by atoms with Crippen LogP contribution in [0.4, 0.5) is 10.5 Å². The quantitative estimate of drug-likeness (QED) is 0.710. The molecule has 3 rings (SSSR count). The number of carbonyl (C=O) groups is 1.